The predicted molar refractivity (Wildman–Crippen MR) is 116 cm³/mol. The van der Waals surface area contributed by atoms with E-state index in [1.165, 1.54) is 6.20 Å². The normalized spacial score (nSPS) is 18.0. The van der Waals surface area contributed by atoms with Crippen molar-refractivity contribution in [1.82, 2.24) is 9.97 Å². The van der Waals surface area contributed by atoms with E-state index in [2.05, 4.69) is 20.6 Å². The summed E-state index contributed by atoms with van der Waals surface area (Å²) in [6.45, 7) is 0. The van der Waals surface area contributed by atoms with Gasteiger partial charge in [-0.05, 0) is 31.0 Å². The van der Waals surface area contributed by atoms with E-state index in [4.69, 9.17) is 28.0 Å². The Labute approximate surface area is 169 Å². The predicted octanol–water partition coefficient (Wildman–Crippen LogP) is 1.87. The van der Waals surface area contributed by atoms with Crippen LogP contribution in [0.15, 0.2) is 30.5 Å². The molecule has 3 rings (SSSR count). The molecule has 10 nitrogen and oxygen atoms in total. The number of anilines is 4. The van der Waals surface area contributed by atoms with Gasteiger partial charge in [-0.25, -0.2) is 9.97 Å². The molecular formula is C19H27N9O. The Hall–Kier alpha value is -3.53. The molecule has 1 saturated carbocycles. The molecule has 2 atom stereocenters. The van der Waals surface area contributed by atoms with Gasteiger partial charge in [-0.1, -0.05) is 18.9 Å². The Morgan fingerprint density at radius 2 is 1.93 bits per heavy atom. The number of carbonyl (C=O) groups excluding carboxylic acids is 1. The molecule has 10 N–H and O–H groups in total. The number of hydrogen-bond acceptors (Lipinski definition) is 9. The molecule has 1 aromatic heterocycles. The van der Waals surface area contributed by atoms with Crippen LogP contribution in [0.4, 0.5) is 23.0 Å². The topological polar surface area (TPSA) is 193 Å². The first-order valence-electron chi connectivity index (χ1n) is 9.25. The molecule has 1 fully saturated rings. The van der Waals surface area contributed by atoms with Gasteiger partial charge in [0.1, 0.15) is 5.82 Å². The minimum atomic E-state index is -0.653. The first-order chi connectivity index (χ1) is 13.9. The van der Waals surface area contributed by atoms with Crippen LogP contribution >= 0.6 is 0 Å². The van der Waals surface area contributed by atoms with E-state index in [0.29, 0.717) is 17.2 Å². The third-order valence-corrected chi connectivity index (χ3v) is 4.39. The van der Waals surface area contributed by atoms with Crippen LogP contribution in [0.2, 0.25) is 0 Å². The highest BCUT2D eigenvalue weighted by Crippen LogP contribution is 2.23. The maximum atomic E-state index is 11.6. The molecule has 10 heteroatoms. The van der Waals surface area contributed by atoms with Crippen LogP contribution in [0, 0.1) is 10.8 Å². The molecule has 1 amide bonds. The van der Waals surface area contributed by atoms with Crippen molar-refractivity contribution >= 4 is 41.3 Å². The number of primary amides is 1. The third kappa shape index (κ3) is 6.54. The number of nitrogen functional groups attached to an aromatic ring is 1. The zero-order chi connectivity index (χ0) is 21.2. The fourth-order valence-corrected chi connectivity index (χ4v) is 3.01. The molecule has 0 bridgehead atoms. The van der Waals surface area contributed by atoms with Gasteiger partial charge in [0.15, 0.2) is 11.5 Å². The van der Waals surface area contributed by atoms with Crippen LogP contribution in [0.1, 0.15) is 36.2 Å². The molecule has 1 aliphatic rings. The average molecular weight is 397 g/mol. The van der Waals surface area contributed by atoms with E-state index < -0.39 is 5.91 Å². The molecule has 0 spiro atoms. The summed E-state index contributed by atoms with van der Waals surface area (Å²) < 4.78 is 0. The third-order valence-electron chi connectivity index (χ3n) is 4.39. The monoisotopic (exact) mass is 397 g/mol. The first-order valence-corrected chi connectivity index (χ1v) is 9.25. The van der Waals surface area contributed by atoms with E-state index in [1.54, 1.807) is 18.2 Å². The van der Waals surface area contributed by atoms with Crippen molar-refractivity contribution < 1.29 is 4.79 Å². The Kier molecular flexibility index (Phi) is 8.04. The fraction of sp³-hybridized carbons (Fsp3) is 0.316. The van der Waals surface area contributed by atoms with Crippen LogP contribution in [-0.4, -0.2) is 40.4 Å². The second kappa shape index (κ2) is 10.7. The lowest BCUT2D eigenvalue weighted by molar-refractivity contribution is 0.0996. The molecule has 1 aliphatic carbocycles. The lowest BCUT2D eigenvalue weighted by atomic mass is 9.91. The quantitative estimate of drug-likeness (QED) is 0.285. The van der Waals surface area contributed by atoms with Crippen LogP contribution in [0.25, 0.3) is 0 Å². The number of rotatable bonds is 6. The Balaban J connectivity index is 0.000000687. The standard InChI is InChI=1S/C17H23N7O.C2H4N2/c18-10-4-3-5-11(8-10)22-17-15(16(20)25)21-9-14(24-17)23-13-7-2-1-6-12(13)19;3-1-2-4/h3-5,8-9,12-13H,1-2,6-7,18-19H2,(H2,20,25)(H2,22,23,24);1-4H/t12-,13+;/m0./s1. The number of aromatic nitrogens is 2. The Morgan fingerprint density at radius 3 is 2.55 bits per heavy atom. The van der Waals surface area contributed by atoms with Gasteiger partial charge in [0.05, 0.1) is 6.20 Å². The van der Waals surface area contributed by atoms with E-state index >= 15 is 0 Å². The summed E-state index contributed by atoms with van der Waals surface area (Å²) in [5, 5.41) is 18.5. The lowest BCUT2D eigenvalue weighted by Gasteiger charge is -2.29. The molecule has 29 heavy (non-hydrogen) atoms. The van der Waals surface area contributed by atoms with E-state index in [0.717, 1.165) is 38.1 Å². The fourth-order valence-electron chi connectivity index (χ4n) is 3.01. The number of amides is 1. The van der Waals surface area contributed by atoms with E-state index in [9.17, 15) is 4.79 Å². The van der Waals surface area contributed by atoms with Gasteiger partial charge < -0.3 is 38.7 Å². The number of carbonyl (C=O) groups is 1. The minimum absolute atomic E-state index is 0.0703. The van der Waals surface area contributed by atoms with Crippen molar-refractivity contribution in [3.63, 3.8) is 0 Å². The number of benzene rings is 1. The number of nitrogens with two attached hydrogens (primary N) is 3. The smallest absolute Gasteiger partial charge is 0.271 e. The van der Waals surface area contributed by atoms with Gasteiger partial charge in [-0.15, -0.1) is 0 Å². The van der Waals surface area contributed by atoms with Crippen LogP contribution < -0.4 is 27.8 Å². The van der Waals surface area contributed by atoms with Crippen molar-refractivity contribution in [1.29, 1.82) is 10.8 Å². The Morgan fingerprint density at radius 1 is 1.21 bits per heavy atom. The number of hydrogen-bond donors (Lipinski definition) is 7. The van der Waals surface area contributed by atoms with Crippen molar-refractivity contribution in [3.05, 3.63) is 36.2 Å². The number of nitrogens with zero attached hydrogens (tertiary/aromatic N) is 2. The summed E-state index contributed by atoms with van der Waals surface area (Å²) in [5.41, 5.74) is 18.7. The van der Waals surface area contributed by atoms with Gasteiger partial charge in [0, 0.05) is 35.9 Å². The van der Waals surface area contributed by atoms with E-state index in [1.807, 2.05) is 6.07 Å². The molecule has 0 saturated heterocycles. The molecule has 154 valence electrons. The highest BCUT2D eigenvalue weighted by Gasteiger charge is 2.22. The maximum absolute atomic E-state index is 11.6. The number of nitrogens with one attached hydrogen (secondary N) is 4. The summed E-state index contributed by atoms with van der Waals surface area (Å²) in [4.78, 5) is 20.3. The molecule has 1 heterocycles. The molecular weight excluding hydrogens is 370 g/mol. The second-order valence-electron chi connectivity index (χ2n) is 6.60. The maximum Gasteiger partial charge on any atom is 0.271 e. The molecule has 0 radical (unpaired) electrons. The van der Waals surface area contributed by atoms with Crippen molar-refractivity contribution in [3.8, 4) is 0 Å². The van der Waals surface area contributed by atoms with Gasteiger partial charge >= 0.3 is 0 Å². The van der Waals surface area contributed by atoms with Crippen LogP contribution in [-0.2, 0) is 0 Å². The van der Waals surface area contributed by atoms with Crippen molar-refractivity contribution in [2.24, 2.45) is 11.5 Å². The zero-order valence-corrected chi connectivity index (χ0v) is 16.1. The summed E-state index contributed by atoms with van der Waals surface area (Å²) in [6, 6.07) is 7.36. The van der Waals surface area contributed by atoms with Crippen molar-refractivity contribution in [2.45, 2.75) is 37.8 Å². The molecule has 0 unspecified atom stereocenters. The highest BCUT2D eigenvalue weighted by molar-refractivity contribution is 6.12. The minimum Gasteiger partial charge on any atom is -0.399 e. The average Bonchev–Trinajstić information content (AvgIpc) is 2.70. The van der Waals surface area contributed by atoms with Gasteiger partial charge in [0.25, 0.3) is 5.91 Å². The summed E-state index contributed by atoms with van der Waals surface area (Å²) in [7, 11) is 0. The Bertz CT molecular complexity index is 849. The summed E-state index contributed by atoms with van der Waals surface area (Å²) in [5.74, 6) is 0.186. The first kappa shape index (κ1) is 21.8. The second-order valence-corrected chi connectivity index (χ2v) is 6.60. The van der Waals surface area contributed by atoms with Gasteiger partial charge in [-0.3, -0.25) is 4.79 Å². The summed E-state index contributed by atoms with van der Waals surface area (Å²) >= 11 is 0. The highest BCUT2D eigenvalue weighted by atomic mass is 16.1. The largest absolute Gasteiger partial charge is 0.399 e. The lowest BCUT2D eigenvalue weighted by Crippen LogP contribution is -2.42. The molecule has 1 aromatic carbocycles. The van der Waals surface area contributed by atoms with E-state index in [-0.39, 0.29) is 23.6 Å². The summed E-state index contributed by atoms with van der Waals surface area (Å²) in [6.07, 6.45) is 7.59. The van der Waals surface area contributed by atoms with Gasteiger partial charge in [-0.2, -0.15) is 0 Å². The van der Waals surface area contributed by atoms with Crippen molar-refractivity contribution in [2.75, 3.05) is 16.4 Å². The van der Waals surface area contributed by atoms with Crippen LogP contribution in [0.5, 0.6) is 0 Å². The van der Waals surface area contributed by atoms with Crippen LogP contribution in [0.3, 0.4) is 0 Å². The van der Waals surface area contributed by atoms with Gasteiger partial charge in [0.2, 0.25) is 0 Å². The zero-order valence-electron chi connectivity index (χ0n) is 16.1. The SMILES string of the molecule is N=CC=N.NC(=O)c1ncc(N[C@@H]2CCCC[C@@H]2N)nc1Nc1cccc(N)c1. The molecule has 2 aromatic rings. The molecule has 0 aliphatic heterocycles.